The molecule has 0 radical (unpaired) electrons. The summed E-state index contributed by atoms with van der Waals surface area (Å²) >= 11 is 0. The van der Waals surface area contributed by atoms with Crippen molar-refractivity contribution < 1.29 is 13.6 Å². The van der Waals surface area contributed by atoms with Crippen molar-refractivity contribution in [3.63, 3.8) is 0 Å². The molecular weight excluding hydrogens is 262 g/mol. The lowest BCUT2D eigenvalue weighted by atomic mass is 9.91. The summed E-state index contributed by atoms with van der Waals surface area (Å²) in [7, 11) is 0. The van der Waals surface area contributed by atoms with E-state index in [-0.39, 0.29) is 5.56 Å². The molecule has 1 fully saturated rings. The second-order valence-electron chi connectivity index (χ2n) is 5.16. The monoisotopic (exact) mass is 278 g/mol. The van der Waals surface area contributed by atoms with Gasteiger partial charge < -0.3 is 5.32 Å². The molecule has 1 N–H and O–H groups in total. The molecule has 3 nitrogen and oxygen atoms in total. The van der Waals surface area contributed by atoms with Crippen molar-refractivity contribution in [2.75, 3.05) is 0 Å². The van der Waals surface area contributed by atoms with E-state index in [1.165, 1.54) is 12.1 Å². The summed E-state index contributed by atoms with van der Waals surface area (Å²) in [5.74, 6) is -2.97. The van der Waals surface area contributed by atoms with E-state index in [0.717, 1.165) is 31.7 Å². The third-order valence-electron chi connectivity index (χ3n) is 3.72. The molecule has 0 saturated heterocycles. The first-order valence-electron chi connectivity index (χ1n) is 6.76. The number of carbonyl (C=O) groups excluding carboxylic acids is 1. The standard InChI is InChI=1S/C15H16F2N2O/c16-12-7-5-6-11(13(12)17)14(20)19-15(10-18)8-3-1-2-4-9-15/h5-7H,1-4,8-9H2,(H,19,20). The number of hydrogen-bond donors (Lipinski definition) is 1. The van der Waals surface area contributed by atoms with E-state index in [1.54, 1.807) is 0 Å². The average molecular weight is 278 g/mol. The second kappa shape index (κ2) is 6.00. The van der Waals surface area contributed by atoms with Gasteiger partial charge >= 0.3 is 0 Å². The Morgan fingerprint density at radius 3 is 2.45 bits per heavy atom. The Hall–Kier alpha value is -1.96. The number of rotatable bonds is 2. The molecule has 0 heterocycles. The molecule has 1 aliphatic rings. The van der Waals surface area contributed by atoms with Crippen molar-refractivity contribution in [2.24, 2.45) is 0 Å². The molecule has 1 saturated carbocycles. The van der Waals surface area contributed by atoms with Crippen LogP contribution in [0, 0.1) is 23.0 Å². The largest absolute Gasteiger partial charge is 0.334 e. The van der Waals surface area contributed by atoms with Crippen molar-refractivity contribution in [1.82, 2.24) is 5.32 Å². The Morgan fingerprint density at radius 2 is 1.85 bits per heavy atom. The summed E-state index contributed by atoms with van der Waals surface area (Å²) in [4.78, 5) is 12.1. The summed E-state index contributed by atoms with van der Waals surface area (Å²) in [6.45, 7) is 0. The third-order valence-corrected chi connectivity index (χ3v) is 3.72. The first-order chi connectivity index (χ1) is 9.58. The van der Waals surface area contributed by atoms with E-state index in [2.05, 4.69) is 11.4 Å². The third kappa shape index (κ3) is 2.96. The fraction of sp³-hybridized carbons (Fsp3) is 0.467. The van der Waals surface area contributed by atoms with Gasteiger partial charge in [0, 0.05) is 0 Å². The average Bonchev–Trinajstić information content (AvgIpc) is 2.68. The normalized spacial score (nSPS) is 17.9. The smallest absolute Gasteiger partial charge is 0.255 e. The maximum atomic E-state index is 13.6. The van der Waals surface area contributed by atoms with Crippen LogP contribution in [0.15, 0.2) is 18.2 Å². The maximum Gasteiger partial charge on any atom is 0.255 e. The molecule has 0 aromatic heterocycles. The molecule has 0 atom stereocenters. The van der Waals surface area contributed by atoms with E-state index in [9.17, 15) is 18.8 Å². The molecule has 1 aromatic rings. The highest BCUT2D eigenvalue weighted by Crippen LogP contribution is 2.27. The molecule has 20 heavy (non-hydrogen) atoms. The van der Waals surface area contributed by atoms with Gasteiger partial charge in [-0.1, -0.05) is 31.7 Å². The molecule has 2 rings (SSSR count). The molecule has 1 aliphatic carbocycles. The summed E-state index contributed by atoms with van der Waals surface area (Å²) < 4.78 is 26.7. The lowest BCUT2D eigenvalue weighted by Gasteiger charge is -2.26. The van der Waals surface area contributed by atoms with Gasteiger partial charge in [0.05, 0.1) is 11.6 Å². The van der Waals surface area contributed by atoms with Gasteiger partial charge in [-0.2, -0.15) is 5.26 Å². The number of nitrogens with one attached hydrogen (secondary N) is 1. The number of nitriles is 1. The molecule has 0 aliphatic heterocycles. The van der Waals surface area contributed by atoms with Crippen LogP contribution in [-0.2, 0) is 0 Å². The van der Waals surface area contributed by atoms with Gasteiger partial charge in [0.2, 0.25) is 0 Å². The molecule has 0 spiro atoms. The molecule has 106 valence electrons. The van der Waals surface area contributed by atoms with Crippen molar-refractivity contribution in [2.45, 2.75) is 44.1 Å². The zero-order valence-electron chi connectivity index (χ0n) is 11.1. The minimum absolute atomic E-state index is 0.358. The number of carbonyl (C=O) groups is 1. The number of halogens is 2. The summed E-state index contributed by atoms with van der Waals surface area (Å²) in [5.41, 5.74) is -1.32. The highest BCUT2D eigenvalue weighted by atomic mass is 19.2. The second-order valence-corrected chi connectivity index (χ2v) is 5.16. The minimum Gasteiger partial charge on any atom is -0.334 e. The van der Waals surface area contributed by atoms with Crippen molar-refractivity contribution >= 4 is 5.91 Å². The fourth-order valence-electron chi connectivity index (χ4n) is 2.56. The zero-order chi connectivity index (χ0) is 14.6. The fourth-order valence-corrected chi connectivity index (χ4v) is 2.56. The van der Waals surface area contributed by atoms with Crippen LogP contribution in [0.2, 0.25) is 0 Å². The van der Waals surface area contributed by atoms with Crippen molar-refractivity contribution in [3.8, 4) is 6.07 Å². The number of nitrogens with zero attached hydrogens (tertiary/aromatic N) is 1. The number of hydrogen-bond acceptors (Lipinski definition) is 2. The van der Waals surface area contributed by atoms with Crippen LogP contribution < -0.4 is 5.32 Å². The Bertz CT molecular complexity index is 543. The predicted octanol–water partition coefficient (Wildman–Crippen LogP) is 3.31. The van der Waals surface area contributed by atoms with Crippen LogP contribution >= 0.6 is 0 Å². The molecule has 1 amide bonds. The van der Waals surface area contributed by atoms with Gasteiger partial charge in [0.1, 0.15) is 5.54 Å². The number of amides is 1. The van der Waals surface area contributed by atoms with E-state index >= 15 is 0 Å². The van der Waals surface area contributed by atoms with Crippen LogP contribution in [-0.4, -0.2) is 11.4 Å². The van der Waals surface area contributed by atoms with Gasteiger partial charge in [-0.3, -0.25) is 4.79 Å². The molecular formula is C15H16F2N2O. The van der Waals surface area contributed by atoms with Crippen molar-refractivity contribution in [1.29, 1.82) is 5.26 Å². The van der Waals surface area contributed by atoms with Gasteiger partial charge in [0.25, 0.3) is 5.91 Å². The maximum absolute atomic E-state index is 13.6. The van der Waals surface area contributed by atoms with Crippen LogP contribution in [0.1, 0.15) is 48.9 Å². The molecule has 1 aromatic carbocycles. The van der Waals surface area contributed by atoms with Crippen LogP contribution in [0.4, 0.5) is 8.78 Å². The van der Waals surface area contributed by atoms with Gasteiger partial charge in [-0.25, -0.2) is 8.78 Å². The first kappa shape index (κ1) is 14.4. The van der Waals surface area contributed by atoms with E-state index in [4.69, 9.17) is 0 Å². The Balaban J connectivity index is 2.21. The molecule has 0 bridgehead atoms. The van der Waals surface area contributed by atoms with Crippen LogP contribution in [0.25, 0.3) is 0 Å². The Labute approximate surface area is 116 Å². The zero-order valence-corrected chi connectivity index (χ0v) is 11.1. The molecule has 5 heteroatoms. The predicted molar refractivity (Wildman–Crippen MR) is 69.9 cm³/mol. The van der Waals surface area contributed by atoms with E-state index in [0.29, 0.717) is 12.8 Å². The minimum atomic E-state index is -1.17. The lowest BCUT2D eigenvalue weighted by Crippen LogP contribution is -2.47. The van der Waals surface area contributed by atoms with Gasteiger partial charge in [0.15, 0.2) is 11.6 Å². The SMILES string of the molecule is N#CC1(NC(=O)c2cccc(F)c2F)CCCCCC1. The van der Waals surface area contributed by atoms with E-state index in [1.807, 2.05) is 0 Å². The molecule has 0 unspecified atom stereocenters. The number of benzene rings is 1. The van der Waals surface area contributed by atoms with Gasteiger partial charge in [-0.15, -0.1) is 0 Å². The van der Waals surface area contributed by atoms with E-state index < -0.39 is 23.1 Å². The topological polar surface area (TPSA) is 52.9 Å². The quantitative estimate of drug-likeness (QED) is 0.844. The van der Waals surface area contributed by atoms with Gasteiger partial charge in [-0.05, 0) is 25.0 Å². The van der Waals surface area contributed by atoms with Crippen LogP contribution in [0.5, 0.6) is 0 Å². The van der Waals surface area contributed by atoms with Crippen LogP contribution in [0.3, 0.4) is 0 Å². The lowest BCUT2D eigenvalue weighted by molar-refractivity contribution is 0.0907. The van der Waals surface area contributed by atoms with Crippen molar-refractivity contribution in [3.05, 3.63) is 35.4 Å². The summed E-state index contributed by atoms with van der Waals surface area (Å²) in [5, 5.41) is 12.0. The first-order valence-corrected chi connectivity index (χ1v) is 6.76. The summed E-state index contributed by atoms with van der Waals surface area (Å²) in [6.07, 6.45) is 4.83. The highest BCUT2D eigenvalue weighted by Gasteiger charge is 2.33. The highest BCUT2D eigenvalue weighted by molar-refractivity contribution is 5.95. The Morgan fingerprint density at radius 1 is 1.20 bits per heavy atom. The summed E-state index contributed by atoms with van der Waals surface area (Å²) in [6, 6.07) is 5.60. The Kier molecular flexibility index (Phi) is 4.33.